The lowest BCUT2D eigenvalue weighted by molar-refractivity contribution is 0.512. The van der Waals surface area contributed by atoms with Gasteiger partial charge >= 0.3 is 0 Å². The Morgan fingerprint density at radius 3 is 2.82 bits per heavy atom. The lowest BCUT2D eigenvalue weighted by Crippen LogP contribution is -2.09. The lowest BCUT2D eigenvalue weighted by Gasteiger charge is -2.09. The van der Waals surface area contributed by atoms with Gasteiger partial charge in [0.2, 0.25) is 0 Å². The van der Waals surface area contributed by atoms with Gasteiger partial charge in [-0.1, -0.05) is 13.8 Å². The zero-order chi connectivity index (χ0) is 12.4. The van der Waals surface area contributed by atoms with Crippen LogP contribution in [0, 0.1) is 11.7 Å². The highest BCUT2D eigenvalue weighted by atomic mass is 19.1. The van der Waals surface area contributed by atoms with Crippen LogP contribution in [-0.4, -0.2) is 9.55 Å². The predicted octanol–water partition coefficient (Wildman–Crippen LogP) is 2.68. The topological polar surface area (TPSA) is 43.8 Å². The van der Waals surface area contributed by atoms with Crippen molar-refractivity contribution in [3.8, 4) is 0 Å². The summed E-state index contributed by atoms with van der Waals surface area (Å²) in [4.78, 5) is 4.37. The van der Waals surface area contributed by atoms with Crippen molar-refractivity contribution in [2.24, 2.45) is 11.7 Å². The number of hydrogen-bond donors (Lipinski definition) is 1. The molecule has 1 aromatic heterocycles. The van der Waals surface area contributed by atoms with E-state index in [1.165, 1.54) is 12.1 Å². The van der Waals surface area contributed by atoms with Crippen molar-refractivity contribution in [3.05, 3.63) is 29.8 Å². The molecular weight excluding hydrogens is 217 g/mol. The van der Waals surface area contributed by atoms with Gasteiger partial charge in [-0.3, -0.25) is 0 Å². The predicted molar refractivity (Wildman–Crippen MR) is 67.0 cm³/mol. The van der Waals surface area contributed by atoms with E-state index in [2.05, 4.69) is 23.4 Å². The van der Waals surface area contributed by atoms with Crippen molar-refractivity contribution >= 4 is 11.0 Å². The molecule has 0 spiro atoms. The van der Waals surface area contributed by atoms with Gasteiger partial charge in [0.05, 0.1) is 17.6 Å². The molecule has 0 radical (unpaired) electrons. The molecule has 2 rings (SSSR count). The number of aryl methyl sites for hydroxylation is 1. The Balaban J connectivity index is 2.43. The van der Waals surface area contributed by atoms with E-state index >= 15 is 0 Å². The second-order valence-electron chi connectivity index (χ2n) is 4.70. The van der Waals surface area contributed by atoms with Crippen molar-refractivity contribution in [2.45, 2.75) is 33.4 Å². The number of aromatic nitrogens is 2. The van der Waals surface area contributed by atoms with E-state index in [0.29, 0.717) is 18.0 Å². The van der Waals surface area contributed by atoms with Gasteiger partial charge in [0.15, 0.2) is 0 Å². The van der Waals surface area contributed by atoms with Crippen LogP contribution >= 0.6 is 0 Å². The molecule has 4 heteroatoms. The lowest BCUT2D eigenvalue weighted by atomic mass is 10.1. The zero-order valence-corrected chi connectivity index (χ0v) is 10.3. The molecule has 1 heterocycles. The highest BCUT2D eigenvalue weighted by Gasteiger charge is 2.10. The number of halogens is 1. The quantitative estimate of drug-likeness (QED) is 0.885. The molecule has 92 valence electrons. The smallest absolute Gasteiger partial charge is 0.125 e. The average Bonchev–Trinajstić information content (AvgIpc) is 2.63. The summed E-state index contributed by atoms with van der Waals surface area (Å²) in [5, 5.41) is 0. The summed E-state index contributed by atoms with van der Waals surface area (Å²) in [5.74, 6) is 1.19. The molecule has 3 nitrogen and oxygen atoms in total. The maximum Gasteiger partial charge on any atom is 0.125 e. The number of fused-ring (bicyclic) bond motifs is 1. The highest BCUT2D eigenvalue weighted by molar-refractivity contribution is 5.76. The third-order valence-corrected chi connectivity index (χ3v) is 2.90. The van der Waals surface area contributed by atoms with Gasteiger partial charge in [-0.25, -0.2) is 9.37 Å². The van der Waals surface area contributed by atoms with Crippen LogP contribution in [0.25, 0.3) is 11.0 Å². The van der Waals surface area contributed by atoms with Crippen molar-refractivity contribution in [1.82, 2.24) is 9.55 Å². The number of rotatable bonds is 4. The molecule has 0 saturated carbocycles. The molecule has 0 unspecified atom stereocenters. The monoisotopic (exact) mass is 235 g/mol. The Hall–Kier alpha value is -1.42. The molecular formula is C13H18FN3. The van der Waals surface area contributed by atoms with Crippen molar-refractivity contribution in [2.75, 3.05) is 0 Å². The van der Waals surface area contributed by atoms with Gasteiger partial charge in [-0.05, 0) is 24.5 Å². The fourth-order valence-electron chi connectivity index (χ4n) is 1.95. The Bertz CT molecular complexity index is 517. The minimum Gasteiger partial charge on any atom is -0.327 e. The minimum absolute atomic E-state index is 0.255. The van der Waals surface area contributed by atoms with Crippen molar-refractivity contribution in [3.63, 3.8) is 0 Å². The summed E-state index contributed by atoms with van der Waals surface area (Å²) in [6.45, 7) is 5.63. The molecule has 1 aromatic carbocycles. The van der Waals surface area contributed by atoms with Crippen LogP contribution in [0.1, 0.15) is 26.1 Å². The average molecular weight is 235 g/mol. The van der Waals surface area contributed by atoms with E-state index in [1.807, 2.05) is 0 Å². The van der Waals surface area contributed by atoms with Gasteiger partial charge in [0.25, 0.3) is 0 Å². The van der Waals surface area contributed by atoms with Gasteiger partial charge in [0.1, 0.15) is 11.6 Å². The van der Waals surface area contributed by atoms with Crippen LogP contribution in [0.5, 0.6) is 0 Å². The summed E-state index contributed by atoms with van der Waals surface area (Å²) in [6, 6.07) is 4.70. The third kappa shape index (κ3) is 2.47. The van der Waals surface area contributed by atoms with E-state index in [1.54, 1.807) is 6.07 Å². The summed E-state index contributed by atoms with van der Waals surface area (Å²) in [7, 11) is 0. The van der Waals surface area contributed by atoms with Gasteiger partial charge in [0, 0.05) is 12.6 Å². The Labute approximate surface area is 100 Å². The van der Waals surface area contributed by atoms with E-state index in [9.17, 15) is 4.39 Å². The van der Waals surface area contributed by atoms with E-state index in [0.717, 1.165) is 24.3 Å². The molecule has 0 aliphatic rings. The number of nitrogens with two attached hydrogens (primary N) is 1. The first kappa shape index (κ1) is 12.0. The van der Waals surface area contributed by atoms with E-state index < -0.39 is 0 Å². The molecule has 2 aromatic rings. The number of benzene rings is 1. The highest BCUT2D eigenvalue weighted by Crippen LogP contribution is 2.18. The Morgan fingerprint density at radius 1 is 1.41 bits per heavy atom. The molecule has 0 aliphatic heterocycles. The Morgan fingerprint density at radius 2 is 2.18 bits per heavy atom. The van der Waals surface area contributed by atoms with Crippen LogP contribution in [0.4, 0.5) is 4.39 Å². The van der Waals surface area contributed by atoms with Crippen LogP contribution in [0.3, 0.4) is 0 Å². The molecule has 0 amide bonds. The van der Waals surface area contributed by atoms with E-state index in [4.69, 9.17) is 5.73 Å². The fourth-order valence-corrected chi connectivity index (χ4v) is 1.95. The van der Waals surface area contributed by atoms with Gasteiger partial charge in [-0.2, -0.15) is 0 Å². The van der Waals surface area contributed by atoms with Gasteiger partial charge < -0.3 is 10.3 Å². The maximum absolute atomic E-state index is 13.1. The molecule has 0 bridgehead atoms. The first-order valence-electron chi connectivity index (χ1n) is 5.96. The van der Waals surface area contributed by atoms with Crippen molar-refractivity contribution < 1.29 is 4.39 Å². The largest absolute Gasteiger partial charge is 0.327 e. The molecule has 0 atom stereocenters. The first-order chi connectivity index (χ1) is 8.11. The van der Waals surface area contributed by atoms with E-state index in [-0.39, 0.29) is 5.82 Å². The standard InChI is InChI=1S/C13H18FN3/c1-9(2)5-6-17-12-4-3-10(14)7-11(12)16-13(17)8-15/h3-4,7,9H,5-6,8,15H2,1-2H3. The van der Waals surface area contributed by atoms with Crippen molar-refractivity contribution in [1.29, 1.82) is 0 Å². The Kier molecular flexibility index (Phi) is 3.43. The summed E-state index contributed by atoms with van der Waals surface area (Å²) >= 11 is 0. The fraction of sp³-hybridized carbons (Fsp3) is 0.462. The molecule has 0 aliphatic carbocycles. The maximum atomic E-state index is 13.1. The zero-order valence-electron chi connectivity index (χ0n) is 10.3. The van der Waals surface area contributed by atoms with Crippen LogP contribution < -0.4 is 5.73 Å². The summed E-state index contributed by atoms with van der Waals surface area (Å²) < 4.78 is 15.2. The third-order valence-electron chi connectivity index (χ3n) is 2.90. The number of imidazole rings is 1. The molecule has 17 heavy (non-hydrogen) atoms. The first-order valence-corrected chi connectivity index (χ1v) is 5.96. The number of nitrogens with zero attached hydrogens (tertiary/aromatic N) is 2. The molecule has 0 fully saturated rings. The number of hydrogen-bond acceptors (Lipinski definition) is 2. The normalized spacial score (nSPS) is 11.6. The van der Waals surface area contributed by atoms with Gasteiger partial charge in [-0.15, -0.1) is 0 Å². The SMILES string of the molecule is CC(C)CCn1c(CN)nc2cc(F)ccc21. The summed E-state index contributed by atoms with van der Waals surface area (Å²) in [6.07, 6.45) is 1.07. The van der Waals surface area contributed by atoms with Crippen LogP contribution in [-0.2, 0) is 13.1 Å². The van der Waals surface area contributed by atoms with Crippen LogP contribution in [0.15, 0.2) is 18.2 Å². The van der Waals surface area contributed by atoms with Crippen LogP contribution in [0.2, 0.25) is 0 Å². The second-order valence-corrected chi connectivity index (χ2v) is 4.70. The molecule has 0 saturated heterocycles. The minimum atomic E-state index is -0.255. The summed E-state index contributed by atoms with van der Waals surface area (Å²) in [5.41, 5.74) is 7.34. The second kappa shape index (κ2) is 4.84. The molecule has 2 N–H and O–H groups in total.